The van der Waals surface area contributed by atoms with Gasteiger partial charge in [0.2, 0.25) is 5.28 Å². The summed E-state index contributed by atoms with van der Waals surface area (Å²) < 4.78 is 0. The third kappa shape index (κ3) is 3.97. The first-order valence-electron chi connectivity index (χ1n) is 7.60. The van der Waals surface area contributed by atoms with Crippen molar-refractivity contribution < 1.29 is 4.79 Å². The Morgan fingerprint density at radius 3 is 2.52 bits per heavy atom. The maximum absolute atomic E-state index is 12.7. The van der Waals surface area contributed by atoms with E-state index in [4.69, 9.17) is 11.6 Å². The van der Waals surface area contributed by atoms with Gasteiger partial charge in [-0.1, -0.05) is 26.7 Å². The molecule has 0 aliphatic rings. The Balaban J connectivity index is 2.19. The number of hydrogen-bond donors (Lipinski definition) is 1. The molecule has 1 aromatic carbocycles. The summed E-state index contributed by atoms with van der Waals surface area (Å²) in [6.07, 6.45) is 4.25. The van der Waals surface area contributed by atoms with E-state index in [1.54, 1.807) is 0 Å². The normalized spacial score (nSPS) is 11.0. The Kier molecular flexibility index (Phi) is 5.62. The molecule has 1 N–H and O–H groups in total. The number of aromatic nitrogens is 2. The highest BCUT2D eigenvalue weighted by atomic mass is 35.5. The average molecular weight is 308 g/mol. The lowest BCUT2D eigenvalue weighted by atomic mass is 10.1. The van der Waals surface area contributed by atoms with Gasteiger partial charge >= 0.3 is 0 Å². The number of imidazole rings is 1. The number of carbonyl (C=O) groups excluding carboxylic acids is 1. The van der Waals surface area contributed by atoms with E-state index in [9.17, 15) is 4.79 Å². The molecule has 0 saturated carbocycles. The van der Waals surface area contributed by atoms with Crippen LogP contribution in [0.4, 0.5) is 0 Å². The van der Waals surface area contributed by atoms with Gasteiger partial charge in [0, 0.05) is 18.7 Å². The van der Waals surface area contributed by atoms with Gasteiger partial charge in [-0.25, -0.2) is 4.98 Å². The van der Waals surface area contributed by atoms with Gasteiger partial charge in [0.05, 0.1) is 11.0 Å². The number of fused-ring (bicyclic) bond motifs is 1. The lowest BCUT2D eigenvalue weighted by Gasteiger charge is -2.22. The molecule has 1 heterocycles. The van der Waals surface area contributed by atoms with Crippen LogP contribution in [0.15, 0.2) is 18.2 Å². The minimum absolute atomic E-state index is 0.0875. The summed E-state index contributed by atoms with van der Waals surface area (Å²) in [6.45, 7) is 5.91. The van der Waals surface area contributed by atoms with Crippen molar-refractivity contribution in [1.82, 2.24) is 14.9 Å². The van der Waals surface area contributed by atoms with Gasteiger partial charge in [-0.15, -0.1) is 0 Å². The summed E-state index contributed by atoms with van der Waals surface area (Å²) in [6, 6.07) is 5.50. The standard InChI is InChI=1S/C16H22ClN3O/c1-3-5-9-20(10-6-4-2)15(21)12-7-8-13-14(11-12)19-16(17)18-13/h7-8,11H,3-6,9-10H2,1-2H3,(H,18,19). The lowest BCUT2D eigenvalue weighted by Crippen LogP contribution is -2.32. The summed E-state index contributed by atoms with van der Waals surface area (Å²) in [5.41, 5.74) is 2.28. The number of carbonyl (C=O) groups is 1. The monoisotopic (exact) mass is 307 g/mol. The quantitative estimate of drug-likeness (QED) is 0.831. The molecular formula is C16H22ClN3O. The first kappa shape index (κ1) is 15.8. The number of nitrogens with zero attached hydrogens (tertiary/aromatic N) is 2. The fraction of sp³-hybridized carbons (Fsp3) is 0.500. The van der Waals surface area contributed by atoms with Crippen molar-refractivity contribution in [3.63, 3.8) is 0 Å². The van der Waals surface area contributed by atoms with E-state index in [-0.39, 0.29) is 5.91 Å². The van der Waals surface area contributed by atoms with Crippen LogP contribution in [0.2, 0.25) is 5.28 Å². The summed E-state index contributed by atoms with van der Waals surface area (Å²) in [7, 11) is 0. The van der Waals surface area contributed by atoms with Crippen molar-refractivity contribution in [2.45, 2.75) is 39.5 Å². The molecule has 0 unspecified atom stereocenters. The van der Waals surface area contributed by atoms with Crippen LogP contribution >= 0.6 is 11.6 Å². The minimum Gasteiger partial charge on any atom is -0.339 e. The second-order valence-corrected chi connectivity index (χ2v) is 5.62. The van der Waals surface area contributed by atoms with Crippen molar-refractivity contribution in [1.29, 1.82) is 0 Å². The van der Waals surface area contributed by atoms with E-state index in [2.05, 4.69) is 23.8 Å². The van der Waals surface area contributed by atoms with Gasteiger partial charge < -0.3 is 9.88 Å². The van der Waals surface area contributed by atoms with E-state index in [1.807, 2.05) is 23.1 Å². The smallest absolute Gasteiger partial charge is 0.253 e. The Labute approximate surface area is 130 Å². The van der Waals surface area contributed by atoms with Crippen molar-refractivity contribution >= 4 is 28.5 Å². The highest BCUT2D eigenvalue weighted by molar-refractivity contribution is 6.29. The molecule has 114 valence electrons. The molecule has 21 heavy (non-hydrogen) atoms. The first-order chi connectivity index (χ1) is 10.2. The molecular weight excluding hydrogens is 286 g/mol. The molecule has 2 rings (SSSR count). The second-order valence-electron chi connectivity index (χ2n) is 5.26. The summed E-state index contributed by atoms with van der Waals surface area (Å²) >= 11 is 5.85. The largest absolute Gasteiger partial charge is 0.339 e. The Hall–Kier alpha value is -1.55. The molecule has 0 spiro atoms. The molecule has 5 heteroatoms. The molecule has 2 aromatic rings. The number of aromatic amines is 1. The van der Waals surface area contributed by atoms with Crippen LogP contribution < -0.4 is 0 Å². The van der Waals surface area contributed by atoms with Crippen LogP contribution in [0.1, 0.15) is 49.9 Å². The van der Waals surface area contributed by atoms with Crippen molar-refractivity contribution in [2.75, 3.05) is 13.1 Å². The zero-order chi connectivity index (χ0) is 15.2. The molecule has 0 fully saturated rings. The minimum atomic E-state index is 0.0875. The number of amides is 1. The number of hydrogen-bond acceptors (Lipinski definition) is 2. The predicted molar refractivity (Wildman–Crippen MR) is 86.8 cm³/mol. The summed E-state index contributed by atoms with van der Waals surface area (Å²) in [5.74, 6) is 0.0875. The SMILES string of the molecule is CCCCN(CCCC)C(=O)c1ccc2nc(Cl)[nH]c2c1. The first-order valence-corrected chi connectivity index (χ1v) is 7.98. The number of H-pyrrole nitrogens is 1. The van der Waals surface area contributed by atoms with Crippen molar-refractivity contribution in [3.8, 4) is 0 Å². The summed E-state index contributed by atoms with van der Waals surface area (Å²) in [4.78, 5) is 21.7. The Morgan fingerprint density at radius 1 is 1.24 bits per heavy atom. The third-order valence-corrected chi connectivity index (χ3v) is 3.73. The Morgan fingerprint density at radius 2 is 1.90 bits per heavy atom. The second kappa shape index (κ2) is 7.46. The molecule has 0 atom stereocenters. The van der Waals surface area contributed by atoms with E-state index in [1.165, 1.54) is 0 Å². The predicted octanol–water partition coefficient (Wildman–Crippen LogP) is 4.26. The van der Waals surface area contributed by atoms with E-state index in [0.29, 0.717) is 10.8 Å². The fourth-order valence-electron chi connectivity index (χ4n) is 2.31. The molecule has 1 aromatic heterocycles. The van der Waals surface area contributed by atoms with E-state index in [0.717, 1.165) is 49.8 Å². The van der Waals surface area contributed by atoms with Gasteiger partial charge in [0.15, 0.2) is 0 Å². The molecule has 1 amide bonds. The van der Waals surface area contributed by atoms with Crippen LogP contribution in [0.25, 0.3) is 11.0 Å². The van der Waals surface area contributed by atoms with E-state index < -0.39 is 0 Å². The third-order valence-electron chi connectivity index (χ3n) is 3.55. The topological polar surface area (TPSA) is 49.0 Å². The van der Waals surface area contributed by atoms with Crippen molar-refractivity contribution in [2.24, 2.45) is 0 Å². The highest BCUT2D eigenvalue weighted by Crippen LogP contribution is 2.17. The maximum atomic E-state index is 12.7. The molecule has 4 nitrogen and oxygen atoms in total. The molecule has 0 aliphatic carbocycles. The number of unbranched alkanes of at least 4 members (excludes halogenated alkanes) is 2. The number of rotatable bonds is 7. The number of nitrogens with one attached hydrogen (secondary N) is 1. The maximum Gasteiger partial charge on any atom is 0.253 e. The Bertz CT molecular complexity index is 601. The fourth-order valence-corrected chi connectivity index (χ4v) is 2.50. The average Bonchev–Trinajstić information content (AvgIpc) is 2.85. The zero-order valence-electron chi connectivity index (χ0n) is 12.7. The van der Waals surface area contributed by atoms with Crippen LogP contribution in [-0.2, 0) is 0 Å². The van der Waals surface area contributed by atoms with Gasteiger partial charge in [-0.3, -0.25) is 4.79 Å². The number of halogens is 1. The van der Waals surface area contributed by atoms with Gasteiger partial charge in [0.25, 0.3) is 5.91 Å². The molecule has 0 bridgehead atoms. The van der Waals surface area contributed by atoms with Crippen LogP contribution in [0.3, 0.4) is 0 Å². The van der Waals surface area contributed by atoms with Crippen LogP contribution in [-0.4, -0.2) is 33.9 Å². The molecule has 0 radical (unpaired) electrons. The zero-order valence-corrected chi connectivity index (χ0v) is 13.4. The lowest BCUT2D eigenvalue weighted by molar-refractivity contribution is 0.0751. The van der Waals surface area contributed by atoms with Gasteiger partial charge in [0.1, 0.15) is 0 Å². The van der Waals surface area contributed by atoms with Gasteiger partial charge in [-0.2, -0.15) is 0 Å². The van der Waals surface area contributed by atoms with Crippen molar-refractivity contribution in [3.05, 3.63) is 29.0 Å². The summed E-state index contributed by atoms with van der Waals surface area (Å²) in [5, 5.41) is 0.350. The van der Waals surface area contributed by atoms with Crippen LogP contribution in [0, 0.1) is 0 Å². The van der Waals surface area contributed by atoms with Crippen LogP contribution in [0.5, 0.6) is 0 Å². The highest BCUT2D eigenvalue weighted by Gasteiger charge is 2.15. The molecule has 0 aliphatic heterocycles. The number of benzene rings is 1. The van der Waals surface area contributed by atoms with E-state index >= 15 is 0 Å². The molecule has 0 saturated heterocycles. The van der Waals surface area contributed by atoms with Gasteiger partial charge in [-0.05, 0) is 42.6 Å².